The summed E-state index contributed by atoms with van der Waals surface area (Å²) < 4.78 is 5.61. The SMILES string of the molecule is CC(C)CC(CNC(=O)OCC1c2ccccc2-c2ccccc21)CC(=O)NC(C(=O)O)C1CC1. The molecule has 0 aromatic heterocycles. The molecule has 3 N–H and O–H groups in total. The van der Waals surface area contributed by atoms with Crippen LogP contribution in [0.25, 0.3) is 11.1 Å². The average Bonchev–Trinajstić information content (AvgIpc) is 3.61. The second-order valence-corrected chi connectivity index (χ2v) is 10.1. The van der Waals surface area contributed by atoms with Crippen molar-refractivity contribution >= 4 is 18.0 Å². The molecule has 1 saturated carbocycles. The van der Waals surface area contributed by atoms with Crippen molar-refractivity contribution < 1.29 is 24.2 Å². The van der Waals surface area contributed by atoms with Gasteiger partial charge in [0.2, 0.25) is 5.91 Å². The minimum atomic E-state index is -0.988. The van der Waals surface area contributed by atoms with Crippen molar-refractivity contribution in [2.24, 2.45) is 17.8 Å². The number of hydrogen-bond acceptors (Lipinski definition) is 4. The van der Waals surface area contributed by atoms with Crippen LogP contribution in [0.3, 0.4) is 0 Å². The molecule has 2 atom stereocenters. The van der Waals surface area contributed by atoms with Crippen LogP contribution in [0, 0.1) is 17.8 Å². The highest BCUT2D eigenvalue weighted by molar-refractivity contribution is 5.84. The number of carboxylic acids is 1. The molecule has 2 amide bonds. The first kappa shape index (κ1) is 24.8. The maximum absolute atomic E-state index is 12.6. The standard InChI is InChI=1S/C28H34N2O5/c1-17(2)13-18(14-25(31)30-26(27(32)33)19-11-12-19)15-29-28(34)35-16-24-22-9-5-3-7-20(22)21-8-4-6-10-23(21)24/h3-10,17-19,24,26H,11-16H2,1-2H3,(H,29,34)(H,30,31)(H,32,33). The quantitative estimate of drug-likeness (QED) is 0.439. The Morgan fingerprint density at radius 3 is 2.14 bits per heavy atom. The topological polar surface area (TPSA) is 105 Å². The number of rotatable bonds is 11. The molecule has 4 rings (SSSR count). The smallest absolute Gasteiger partial charge is 0.407 e. The van der Waals surface area contributed by atoms with E-state index in [9.17, 15) is 19.5 Å². The van der Waals surface area contributed by atoms with Gasteiger partial charge in [-0.3, -0.25) is 4.79 Å². The van der Waals surface area contributed by atoms with Crippen molar-refractivity contribution in [1.82, 2.24) is 10.6 Å². The molecule has 0 aliphatic heterocycles. The van der Waals surface area contributed by atoms with E-state index in [-0.39, 0.29) is 36.7 Å². The summed E-state index contributed by atoms with van der Waals surface area (Å²) in [6.45, 7) is 4.64. The molecule has 35 heavy (non-hydrogen) atoms. The third-order valence-corrected chi connectivity index (χ3v) is 6.83. The molecule has 7 nitrogen and oxygen atoms in total. The van der Waals surface area contributed by atoms with Gasteiger partial charge in [0.1, 0.15) is 12.6 Å². The summed E-state index contributed by atoms with van der Waals surface area (Å²) in [4.78, 5) is 36.5. The summed E-state index contributed by atoms with van der Waals surface area (Å²) in [6.07, 6.45) is 2.05. The monoisotopic (exact) mass is 478 g/mol. The normalized spacial score (nSPS) is 16.2. The Balaban J connectivity index is 1.30. The van der Waals surface area contributed by atoms with Crippen LogP contribution < -0.4 is 10.6 Å². The third kappa shape index (κ3) is 6.21. The molecular formula is C28H34N2O5. The van der Waals surface area contributed by atoms with Crippen LogP contribution in [-0.2, 0) is 14.3 Å². The minimum Gasteiger partial charge on any atom is -0.480 e. The fourth-order valence-corrected chi connectivity index (χ4v) is 5.09. The summed E-state index contributed by atoms with van der Waals surface area (Å²) in [5, 5.41) is 14.9. The van der Waals surface area contributed by atoms with Crippen molar-refractivity contribution in [3.05, 3.63) is 59.7 Å². The first-order valence-electron chi connectivity index (χ1n) is 12.4. The van der Waals surface area contributed by atoms with Gasteiger partial charge in [-0.25, -0.2) is 9.59 Å². The Kier molecular flexibility index (Phi) is 7.73. The van der Waals surface area contributed by atoms with Crippen LogP contribution in [0.15, 0.2) is 48.5 Å². The van der Waals surface area contributed by atoms with Crippen molar-refractivity contribution in [2.45, 2.75) is 51.5 Å². The molecule has 186 valence electrons. The van der Waals surface area contributed by atoms with Crippen LogP contribution in [0.4, 0.5) is 4.79 Å². The predicted molar refractivity (Wildman–Crippen MR) is 133 cm³/mol. The van der Waals surface area contributed by atoms with Crippen LogP contribution in [-0.4, -0.2) is 42.3 Å². The van der Waals surface area contributed by atoms with Crippen molar-refractivity contribution in [3.63, 3.8) is 0 Å². The first-order chi connectivity index (χ1) is 16.8. The van der Waals surface area contributed by atoms with Crippen molar-refractivity contribution in [3.8, 4) is 11.1 Å². The molecule has 0 saturated heterocycles. The number of fused-ring (bicyclic) bond motifs is 3. The van der Waals surface area contributed by atoms with Gasteiger partial charge in [0.05, 0.1) is 0 Å². The van der Waals surface area contributed by atoms with E-state index in [0.29, 0.717) is 12.5 Å². The van der Waals surface area contributed by atoms with Crippen LogP contribution in [0.5, 0.6) is 0 Å². The molecule has 2 aromatic carbocycles. The molecule has 2 aromatic rings. The van der Waals surface area contributed by atoms with Crippen LogP contribution in [0.2, 0.25) is 0 Å². The van der Waals surface area contributed by atoms with E-state index in [2.05, 4.69) is 48.7 Å². The second kappa shape index (κ2) is 10.9. The predicted octanol–water partition coefficient (Wildman–Crippen LogP) is 4.56. The average molecular weight is 479 g/mol. The number of amides is 2. The van der Waals surface area contributed by atoms with Gasteiger partial charge < -0.3 is 20.5 Å². The van der Waals surface area contributed by atoms with Gasteiger partial charge in [-0.15, -0.1) is 0 Å². The van der Waals surface area contributed by atoms with Crippen LogP contribution >= 0.6 is 0 Å². The van der Waals surface area contributed by atoms with E-state index in [0.717, 1.165) is 30.4 Å². The number of carbonyl (C=O) groups excluding carboxylic acids is 2. The van der Waals surface area contributed by atoms with Gasteiger partial charge in [-0.2, -0.15) is 0 Å². The highest BCUT2D eigenvalue weighted by Crippen LogP contribution is 2.44. The lowest BCUT2D eigenvalue weighted by molar-refractivity contribution is -0.142. The number of carbonyl (C=O) groups is 3. The van der Waals surface area contributed by atoms with E-state index < -0.39 is 18.1 Å². The Labute approximate surface area is 206 Å². The number of hydrogen-bond donors (Lipinski definition) is 3. The van der Waals surface area contributed by atoms with E-state index in [4.69, 9.17) is 4.74 Å². The highest BCUT2D eigenvalue weighted by Gasteiger charge is 2.37. The van der Waals surface area contributed by atoms with E-state index in [1.807, 2.05) is 24.3 Å². The zero-order valence-electron chi connectivity index (χ0n) is 20.3. The number of aliphatic carboxylic acids is 1. The number of benzene rings is 2. The highest BCUT2D eigenvalue weighted by atomic mass is 16.5. The first-order valence-corrected chi connectivity index (χ1v) is 12.4. The fraction of sp³-hybridized carbons (Fsp3) is 0.464. The van der Waals surface area contributed by atoms with E-state index in [1.165, 1.54) is 11.1 Å². The molecule has 0 spiro atoms. The van der Waals surface area contributed by atoms with Gasteiger partial charge in [0.25, 0.3) is 0 Å². The number of ether oxygens (including phenoxy) is 1. The van der Waals surface area contributed by atoms with Gasteiger partial charge >= 0.3 is 12.1 Å². The molecule has 0 heterocycles. The summed E-state index contributed by atoms with van der Waals surface area (Å²) >= 11 is 0. The summed E-state index contributed by atoms with van der Waals surface area (Å²) in [7, 11) is 0. The van der Waals surface area contributed by atoms with Crippen molar-refractivity contribution in [1.29, 1.82) is 0 Å². The minimum absolute atomic E-state index is 0.0132. The van der Waals surface area contributed by atoms with Gasteiger partial charge in [0.15, 0.2) is 0 Å². The summed E-state index contributed by atoms with van der Waals surface area (Å²) in [5.74, 6) is -1.04. The molecule has 2 aliphatic rings. The lowest BCUT2D eigenvalue weighted by Gasteiger charge is -2.21. The Morgan fingerprint density at radius 2 is 1.60 bits per heavy atom. The third-order valence-electron chi connectivity index (χ3n) is 6.83. The van der Waals surface area contributed by atoms with Gasteiger partial charge in [-0.1, -0.05) is 62.4 Å². The summed E-state index contributed by atoms with van der Waals surface area (Å²) in [6, 6.07) is 15.5. The molecule has 2 aliphatic carbocycles. The molecule has 2 unspecified atom stereocenters. The number of carboxylic acid groups (broad SMARTS) is 1. The lowest BCUT2D eigenvalue weighted by atomic mass is 9.93. The zero-order valence-corrected chi connectivity index (χ0v) is 20.3. The molecule has 0 radical (unpaired) electrons. The molecular weight excluding hydrogens is 444 g/mol. The summed E-state index contributed by atoms with van der Waals surface area (Å²) in [5.41, 5.74) is 4.65. The Morgan fingerprint density at radius 1 is 1.00 bits per heavy atom. The lowest BCUT2D eigenvalue weighted by Crippen LogP contribution is -2.43. The second-order valence-electron chi connectivity index (χ2n) is 10.1. The number of nitrogens with one attached hydrogen (secondary N) is 2. The maximum Gasteiger partial charge on any atom is 0.407 e. The molecule has 0 bridgehead atoms. The Bertz CT molecular complexity index is 1030. The fourth-order valence-electron chi connectivity index (χ4n) is 5.09. The van der Waals surface area contributed by atoms with Crippen molar-refractivity contribution in [2.75, 3.05) is 13.2 Å². The Hall–Kier alpha value is -3.35. The maximum atomic E-state index is 12.6. The van der Waals surface area contributed by atoms with Gasteiger partial charge in [0, 0.05) is 18.9 Å². The van der Waals surface area contributed by atoms with E-state index >= 15 is 0 Å². The molecule has 1 fully saturated rings. The van der Waals surface area contributed by atoms with Gasteiger partial charge in [-0.05, 0) is 59.3 Å². The zero-order chi connectivity index (χ0) is 24.9. The van der Waals surface area contributed by atoms with Crippen LogP contribution in [0.1, 0.15) is 56.6 Å². The van der Waals surface area contributed by atoms with E-state index in [1.54, 1.807) is 0 Å². The molecule has 7 heteroatoms. The number of alkyl carbamates (subject to hydrolysis) is 1. The largest absolute Gasteiger partial charge is 0.480 e.